The van der Waals surface area contributed by atoms with E-state index >= 15 is 0 Å². The van der Waals surface area contributed by atoms with E-state index in [1.54, 1.807) is 6.20 Å². The zero-order valence-electron chi connectivity index (χ0n) is 11.3. The monoisotopic (exact) mass is 249 g/mol. The molecule has 100 valence electrons. The summed E-state index contributed by atoms with van der Waals surface area (Å²) in [4.78, 5) is 18.4. The molecule has 0 saturated heterocycles. The summed E-state index contributed by atoms with van der Waals surface area (Å²) in [5.74, 6) is 0.0890. The number of pyridine rings is 1. The standard InChI is InChI=1S/C14H23N3O/c1-3-7-12(10-15)14(18)17(4-2)11-13-8-5-6-9-16-13/h5-6,8-9,12H,3-4,7,10-11,15H2,1-2H3. The smallest absolute Gasteiger partial charge is 0.227 e. The van der Waals surface area contributed by atoms with Crippen LogP contribution in [0.15, 0.2) is 24.4 Å². The van der Waals surface area contributed by atoms with Crippen LogP contribution in [0.2, 0.25) is 0 Å². The molecule has 4 nitrogen and oxygen atoms in total. The number of carbonyl (C=O) groups is 1. The average Bonchev–Trinajstić information content (AvgIpc) is 2.42. The van der Waals surface area contributed by atoms with Gasteiger partial charge in [0.15, 0.2) is 0 Å². The van der Waals surface area contributed by atoms with Crippen molar-refractivity contribution in [3.8, 4) is 0 Å². The van der Waals surface area contributed by atoms with Gasteiger partial charge in [-0.1, -0.05) is 19.4 Å². The molecule has 0 aliphatic rings. The van der Waals surface area contributed by atoms with Crippen molar-refractivity contribution in [3.05, 3.63) is 30.1 Å². The minimum absolute atomic E-state index is 0.0568. The van der Waals surface area contributed by atoms with Crippen LogP contribution in [-0.4, -0.2) is 28.9 Å². The Morgan fingerprint density at radius 3 is 2.72 bits per heavy atom. The van der Waals surface area contributed by atoms with Crippen LogP contribution in [0.4, 0.5) is 0 Å². The molecule has 1 amide bonds. The summed E-state index contributed by atoms with van der Waals surface area (Å²) in [5, 5.41) is 0. The number of hydrogen-bond donors (Lipinski definition) is 1. The van der Waals surface area contributed by atoms with Crippen molar-refractivity contribution in [3.63, 3.8) is 0 Å². The van der Waals surface area contributed by atoms with Crippen LogP contribution in [0.25, 0.3) is 0 Å². The van der Waals surface area contributed by atoms with Crippen LogP contribution in [0.3, 0.4) is 0 Å². The second kappa shape index (κ2) is 7.82. The largest absolute Gasteiger partial charge is 0.337 e. The van der Waals surface area contributed by atoms with E-state index in [9.17, 15) is 4.79 Å². The van der Waals surface area contributed by atoms with Crippen LogP contribution >= 0.6 is 0 Å². The molecule has 18 heavy (non-hydrogen) atoms. The predicted molar refractivity (Wildman–Crippen MR) is 72.8 cm³/mol. The Hall–Kier alpha value is -1.42. The number of rotatable bonds is 7. The van der Waals surface area contributed by atoms with Crippen LogP contribution < -0.4 is 5.73 Å². The lowest BCUT2D eigenvalue weighted by Gasteiger charge is -2.25. The molecule has 1 heterocycles. The summed E-state index contributed by atoms with van der Waals surface area (Å²) in [6.45, 7) is 5.74. The molecule has 2 N–H and O–H groups in total. The van der Waals surface area contributed by atoms with Crippen molar-refractivity contribution in [1.29, 1.82) is 0 Å². The first-order valence-corrected chi connectivity index (χ1v) is 6.61. The Balaban J connectivity index is 2.67. The Labute approximate surface area is 109 Å². The summed E-state index contributed by atoms with van der Waals surface area (Å²) >= 11 is 0. The lowest BCUT2D eigenvalue weighted by molar-refractivity contribution is -0.135. The molecule has 0 radical (unpaired) electrons. The topological polar surface area (TPSA) is 59.2 Å². The van der Waals surface area contributed by atoms with E-state index in [1.165, 1.54) is 0 Å². The average molecular weight is 249 g/mol. The summed E-state index contributed by atoms with van der Waals surface area (Å²) in [5.41, 5.74) is 6.60. The van der Waals surface area contributed by atoms with Gasteiger partial charge in [-0.15, -0.1) is 0 Å². The van der Waals surface area contributed by atoms with Crippen LogP contribution in [0.1, 0.15) is 32.4 Å². The molecule has 1 aromatic heterocycles. The van der Waals surface area contributed by atoms with Gasteiger partial charge in [0, 0.05) is 19.3 Å². The number of aromatic nitrogens is 1. The van der Waals surface area contributed by atoms with Gasteiger partial charge in [-0.2, -0.15) is 0 Å². The first-order valence-electron chi connectivity index (χ1n) is 6.61. The van der Waals surface area contributed by atoms with Crippen molar-refractivity contribution in [1.82, 2.24) is 9.88 Å². The number of nitrogens with zero attached hydrogens (tertiary/aromatic N) is 2. The molecule has 1 atom stereocenters. The highest BCUT2D eigenvalue weighted by Gasteiger charge is 2.21. The van der Waals surface area contributed by atoms with Crippen molar-refractivity contribution in [2.75, 3.05) is 13.1 Å². The molecule has 1 rings (SSSR count). The highest BCUT2D eigenvalue weighted by Crippen LogP contribution is 2.11. The van der Waals surface area contributed by atoms with Gasteiger partial charge in [-0.25, -0.2) is 0 Å². The summed E-state index contributed by atoms with van der Waals surface area (Å²) in [6.07, 6.45) is 3.59. The van der Waals surface area contributed by atoms with Crippen LogP contribution in [-0.2, 0) is 11.3 Å². The highest BCUT2D eigenvalue weighted by atomic mass is 16.2. The van der Waals surface area contributed by atoms with E-state index in [0.717, 1.165) is 18.5 Å². The molecule has 0 fully saturated rings. The van der Waals surface area contributed by atoms with Crippen LogP contribution in [0.5, 0.6) is 0 Å². The maximum atomic E-state index is 12.3. The third-order valence-electron chi connectivity index (χ3n) is 3.04. The van der Waals surface area contributed by atoms with E-state index < -0.39 is 0 Å². The molecular formula is C14H23N3O. The normalized spacial score (nSPS) is 12.2. The summed E-state index contributed by atoms with van der Waals surface area (Å²) in [7, 11) is 0. The Morgan fingerprint density at radius 2 is 2.22 bits per heavy atom. The molecule has 0 spiro atoms. The Kier molecular flexibility index (Phi) is 6.36. The molecule has 0 bridgehead atoms. The molecular weight excluding hydrogens is 226 g/mol. The second-order valence-electron chi connectivity index (χ2n) is 4.39. The van der Waals surface area contributed by atoms with Gasteiger partial charge < -0.3 is 10.6 Å². The van der Waals surface area contributed by atoms with Crippen molar-refractivity contribution < 1.29 is 4.79 Å². The molecule has 1 aromatic rings. The van der Waals surface area contributed by atoms with Gasteiger partial charge in [-0.05, 0) is 25.5 Å². The molecule has 4 heteroatoms. The van der Waals surface area contributed by atoms with E-state index in [2.05, 4.69) is 11.9 Å². The van der Waals surface area contributed by atoms with Gasteiger partial charge in [0.1, 0.15) is 0 Å². The minimum Gasteiger partial charge on any atom is -0.337 e. The molecule has 0 aliphatic heterocycles. The SMILES string of the molecule is CCCC(CN)C(=O)N(CC)Cc1ccccn1. The second-order valence-corrected chi connectivity index (χ2v) is 4.39. The van der Waals surface area contributed by atoms with Gasteiger partial charge in [-0.3, -0.25) is 9.78 Å². The maximum Gasteiger partial charge on any atom is 0.227 e. The van der Waals surface area contributed by atoms with E-state index in [4.69, 9.17) is 5.73 Å². The first-order chi connectivity index (χ1) is 8.72. The van der Waals surface area contributed by atoms with Gasteiger partial charge in [0.2, 0.25) is 5.91 Å². The molecule has 0 aliphatic carbocycles. The fourth-order valence-electron chi connectivity index (χ4n) is 1.98. The number of hydrogen-bond acceptors (Lipinski definition) is 3. The first kappa shape index (κ1) is 14.6. The Bertz CT molecular complexity index is 353. The summed E-state index contributed by atoms with van der Waals surface area (Å²) in [6, 6.07) is 5.75. The van der Waals surface area contributed by atoms with Gasteiger partial charge in [0.05, 0.1) is 18.2 Å². The fourth-order valence-corrected chi connectivity index (χ4v) is 1.98. The maximum absolute atomic E-state index is 12.3. The lowest BCUT2D eigenvalue weighted by Crippen LogP contribution is -2.38. The van der Waals surface area contributed by atoms with E-state index in [1.807, 2.05) is 30.0 Å². The third kappa shape index (κ3) is 4.11. The molecule has 0 saturated carbocycles. The predicted octanol–water partition coefficient (Wildman–Crippen LogP) is 1.81. The number of amides is 1. The van der Waals surface area contributed by atoms with E-state index in [-0.39, 0.29) is 11.8 Å². The summed E-state index contributed by atoms with van der Waals surface area (Å²) < 4.78 is 0. The molecule has 1 unspecified atom stereocenters. The lowest BCUT2D eigenvalue weighted by atomic mass is 10.0. The Morgan fingerprint density at radius 1 is 1.44 bits per heavy atom. The van der Waals surface area contributed by atoms with Crippen molar-refractivity contribution >= 4 is 5.91 Å². The van der Waals surface area contributed by atoms with Crippen LogP contribution in [0, 0.1) is 5.92 Å². The third-order valence-corrected chi connectivity index (χ3v) is 3.04. The fraction of sp³-hybridized carbons (Fsp3) is 0.571. The van der Waals surface area contributed by atoms with Gasteiger partial charge in [0.25, 0.3) is 0 Å². The van der Waals surface area contributed by atoms with Crippen molar-refractivity contribution in [2.24, 2.45) is 11.7 Å². The zero-order valence-corrected chi connectivity index (χ0v) is 11.3. The van der Waals surface area contributed by atoms with Gasteiger partial charge >= 0.3 is 0 Å². The number of carbonyl (C=O) groups excluding carboxylic acids is 1. The highest BCUT2D eigenvalue weighted by molar-refractivity contribution is 5.79. The zero-order chi connectivity index (χ0) is 13.4. The quantitative estimate of drug-likeness (QED) is 0.801. The minimum atomic E-state index is -0.0568. The molecule has 0 aromatic carbocycles. The van der Waals surface area contributed by atoms with E-state index in [0.29, 0.717) is 19.6 Å². The number of nitrogens with two attached hydrogens (primary N) is 1. The van der Waals surface area contributed by atoms with Crippen molar-refractivity contribution in [2.45, 2.75) is 33.2 Å².